The molecule has 0 amide bonds. The number of esters is 1. The van der Waals surface area contributed by atoms with E-state index in [4.69, 9.17) is 0 Å². The number of ether oxygens (including phenoxy) is 1. The van der Waals surface area contributed by atoms with Crippen molar-refractivity contribution in [3.05, 3.63) is 11.8 Å². The third kappa shape index (κ3) is 10.2. The summed E-state index contributed by atoms with van der Waals surface area (Å²) in [5.41, 5.74) is 0.433. The van der Waals surface area contributed by atoms with E-state index in [1.165, 1.54) is 6.08 Å². The molecule has 0 aliphatic rings. The Morgan fingerprint density at radius 2 is 2.07 bits per heavy atom. The Kier molecular flexibility index (Phi) is 11.4. The molecule has 0 aromatic rings. The van der Waals surface area contributed by atoms with E-state index in [1.54, 1.807) is 13.8 Å². The minimum atomic E-state index is -1.23. The number of carbonyl (C=O) groups excluding carboxylic acids is 2. The molecule has 0 spiro atoms. The first-order valence-corrected chi connectivity index (χ1v) is 3.85. The van der Waals surface area contributed by atoms with E-state index in [0.717, 1.165) is 0 Å². The average molecular weight is 225 g/mol. The smallest absolute Gasteiger partial charge is 0.548 e. The van der Waals surface area contributed by atoms with E-state index >= 15 is 0 Å². The first-order valence-electron chi connectivity index (χ1n) is 3.85. The fourth-order valence-corrected chi connectivity index (χ4v) is 0.623. The molecule has 0 heterocycles. The predicted octanol–water partition coefficient (Wildman–Crippen LogP) is -4.20. The summed E-state index contributed by atoms with van der Waals surface area (Å²) in [6.45, 7) is 3.24. The van der Waals surface area contributed by atoms with Crippen LogP contribution in [0.5, 0.6) is 0 Å². The van der Waals surface area contributed by atoms with Gasteiger partial charge in [-0.2, -0.15) is 0 Å². The van der Waals surface area contributed by atoms with E-state index in [0.29, 0.717) is 12.3 Å². The quantitative estimate of drug-likeness (QED) is 0.291. The zero-order valence-corrected chi connectivity index (χ0v) is 11.7. The van der Waals surface area contributed by atoms with E-state index < -0.39 is 11.9 Å². The molecule has 0 radical (unpaired) electrons. The minimum absolute atomic E-state index is 0. The van der Waals surface area contributed by atoms with Gasteiger partial charge in [0.25, 0.3) is 0 Å². The zero-order valence-electron chi connectivity index (χ0n) is 8.62. The summed E-state index contributed by atoms with van der Waals surface area (Å²) in [5, 5.41) is 12.5. The third-order valence-corrected chi connectivity index (χ3v) is 1.13. The third-order valence-electron chi connectivity index (χ3n) is 1.13. The Balaban J connectivity index is 0. The van der Waals surface area contributed by atoms with Crippen LogP contribution >= 0.6 is 0 Å². The van der Waals surface area contributed by atoms with E-state index in [9.17, 15) is 14.7 Å². The Labute approximate surface area is 125 Å². The molecule has 74 valence electrons. The molecule has 0 saturated heterocycles. The molecule has 0 aromatic carbocycles. The second kappa shape index (κ2) is 9.66. The minimum Gasteiger partial charge on any atom is -0.548 e. The molecule has 0 aliphatic heterocycles. The van der Waals surface area contributed by atoms with Crippen molar-refractivity contribution in [3.8, 4) is 0 Å². The molecule has 1 N–H and O–H groups in total. The predicted molar refractivity (Wildman–Crippen MR) is 43.4 cm³/mol. The second-order valence-corrected chi connectivity index (χ2v) is 2.30. The van der Waals surface area contributed by atoms with Crippen LogP contribution < -0.4 is 61.8 Å². The molecule has 0 rings (SSSR count). The first-order chi connectivity index (χ1) is 6.06. The van der Waals surface area contributed by atoms with Crippen molar-refractivity contribution in [1.82, 2.24) is 5.32 Å². The molecule has 0 fully saturated rings. The fourth-order valence-electron chi connectivity index (χ4n) is 0.623. The zero-order chi connectivity index (χ0) is 10.3. The number of carbonyl (C=O) groups is 2. The van der Waals surface area contributed by atoms with Crippen molar-refractivity contribution in [2.45, 2.75) is 13.8 Å². The van der Waals surface area contributed by atoms with Gasteiger partial charge in [-0.3, -0.25) is 0 Å². The molecule has 0 unspecified atom stereocenters. The van der Waals surface area contributed by atoms with E-state index in [2.05, 4.69) is 10.1 Å². The van der Waals surface area contributed by atoms with Gasteiger partial charge in [0.2, 0.25) is 0 Å². The molecule has 0 atom stereocenters. The van der Waals surface area contributed by atoms with Gasteiger partial charge in [-0.05, 0) is 13.8 Å². The Morgan fingerprint density at radius 1 is 1.50 bits per heavy atom. The summed E-state index contributed by atoms with van der Waals surface area (Å²) in [7, 11) is 0. The number of carboxylic acid groups (broad SMARTS) is 1. The number of hydrogen-bond acceptors (Lipinski definition) is 5. The largest absolute Gasteiger partial charge is 1.00 e. The van der Waals surface area contributed by atoms with Gasteiger partial charge in [0.1, 0.15) is 0 Å². The van der Waals surface area contributed by atoms with Crippen LogP contribution in [0.15, 0.2) is 11.8 Å². The molecule has 0 aliphatic carbocycles. The van der Waals surface area contributed by atoms with E-state index in [1.807, 2.05) is 0 Å². The van der Waals surface area contributed by atoms with Crippen molar-refractivity contribution >= 4 is 11.9 Å². The Morgan fingerprint density at radius 3 is 2.50 bits per heavy atom. The van der Waals surface area contributed by atoms with Gasteiger partial charge in [0.05, 0.1) is 19.1 Å². The van der Waals surface area contributed by atoms with Crippen LogP contribution in [0, 0.1) is 0 Å². The van der Waals surface area contributed by atoms with Crippen LogP contribution in [0.3, 0.4) is 0 Å². The molecule has 0 bridgehead atoms. The monoisotopic (exact) mass is 225 g/mol. The maximum Gasteiger partial charge on any atom is 1.00 e. The molecular formula is C8H12KNO4. The molecular weight excluding hydrogens is 213 g/mol. The SMILES string of the molecule is CCOC(=O)/C=C(/C)NCC(=O)[O-].[K+]. The number of aliphatic carboxylic acids is 1. The van der Waals surface area contributed by atoms with Gasteiger partial charge in [0.15, 0.2) is 0 Å². The topological polar surface area (TPSA) is 78.5 Å². The molecule has 0 saturated carbocycles. The van der Waals surface area contributed by atoms with Crippen LogP contribution in [0.2, 0.25) is 0 Å². The van der Waals surface area contributed by atoms with Crippen molar-refractivity contribution in [1.29, 1.82) is 0 Å². The van der Waals surface area contributed by atoms with E-state index in [-0.39, 0.29) is 57.9 Å². The van der Waals surface area contributed by atoms with Gasteiger partial charge in [-0.25, -0.2) is 4.79 Å². The normalized spacial score (nSPS) is 10.0. The summed E-state index contributed by atoms with van der Waals surface area (Å²) < 4.78 is 4.60. The molecule has 14 heavy (non-hydrogen) atoms. The number of rotatable bonds is 5. The first kappa shape index (κ1) is 16.5. The fraction of sp³-hybridized carbons (Fsp3) is 0.500. The maximum absolute atomic E-state index is 10.8. The number of carboxylic acids is 1. The maximum atomic E-state index is 10.8. The van der Waals surface area contributed by atoms with Gasteiger partial charge in [-0.15, -0.1) is 0 Å². The Bertz CT molecular complexity index is 227. The summed E-state index contributed by atoms with van der Waals surface area (Å²) >= 11 is 0. The van der Waals surface area contributed by atoms with Gasteiger partial charge >= 0.3 is 57.4 Å². The van der Waals surface area contributed by atoms with Crippen LogP contribution in [0.25, 0.3) is 0 Å². The number of nitrogens with one attached hydrogen (secondary N) is 1. The Hall–Kier alpha value is 0.116. The average Bonchev–Trinajstić information content (AvgIpc) is 2.01. The van der Waals surface area contributed by atoms with Gasteiger partial charge in [0, 0.05) is 11.8 Å². The summed E-state index contributed by atoms with van der Waals surface area (Å²) in [5.74, 6) is -1.72. The number of allylic oxidation sites excluding steroid dienone is 1. The number of hydrogen-bond donors (Lipinski definition) is 1. The van der Waals surface area contributed by atoms with Crippen molar-refractivity contribution in [3.63, 3.8) is 0 Å². The van der Waals surface area contributed by atoms with Crippen LogP contribution in [-0.4, -0.2) is 25.1 Å². The molecule has 6 heteroatoms. The summed E-state index contributed by atoms with van der Waals surface area (Å²) in [4.78, 5) is 20.8. The molecule has 0 aromatic heterocycles. The van der Waals surface area contributed by atoms with Crippen LogP contribution in [-0.2, 0) is 14.3 Å². The van der Waals surface area contributed by atoms with Gasteiger partial charge in [-0.1, -0.05) is 0 Å². The molecule has 5 nitrogen and oxygen atoms in total. The summed E-state index contributed by atoms with van der Waals surface area (Å²) in [6.07, 6.45) is 1.19. The van der Waals surface area contributed by atoms with Crippen molar-refractivity contribution in [2.75, 3.05) is 13.2 Å². The standard InChI is InChI=1S/C8H13NO4.K/c1-3-13-8(12)4-6(2)9-5-7(10)11;/h4,9H,3,5H2,1-2H3,(H,10,11);/q;+1/p-1/b6-4-;. The van der Waals surface area contributed by atoms with Gasteiger partial charge < -0.3 is 20.0 Å². The van der Waals surface area contributed by atoms with Crippen molar-refractivity contribution in [2.24, 2.45) is 0 Å². The summed E-state index contributed by atoms with van der Waals surface area (Å²) in [6, 6.07) is 0. The second-order valence-electron chi connectivity index (χ2n) is 2.30. The van der Waals surface area contributed by atoms with Crippen molar-refractivity contribution < 1.29 is 70.8 Å². The van der Waals surface area contributed by atoms with Crippen LogP contribution in [0.4, 0.5) is 0 Å². The van der Waals surface area contributed by atoms with Crippen LogP contribution in [0.1, 0.15) is 13.8 Å².